The van der Waals surface area contributed by atoms with E-state index >= 15 is 0 Å². The Balaban J connectivity index is 1.41. The first-order valence-corrected chi connectivity index (χ1v) is 11.5. The lowest BCUT2D eigenvalue weighted by atomic mass is 9.47. The van der Waals surface area contributed by atoms with E-state index in [1.165, 1.54) is 38.2 Å². The summed E-state index contributed by atoms with van der Waals surface area (Å²) in [6.07, 6.45) is 17.5. The summed E-state index contributed by atoms with van der Waals surface area (Å²) in [6.45, 7) is 6.58. The summed E-state index contributed by atoms with van der Waals surface area (Å²) in [5.74, 6) is 2.16. The van der Waals surface area contributed by atoms with Crippen molar-refractivity contribution >= 4 is 11.5 Å². The highest BCUT2D eigenvalue weighted by molar-refractivity contribution is 5.72. The molecular formula is C26H34NO2+. The molecule has 6 atom stereocenters. The number of nitrogens with one attached hydrogen (secondary N) is 1. The number of allylic oxidation sites excluding steroid dienone is 3. The standard InChI is InChI=1S/C26H33NO2/c1-17(28)29-20-10-12-25(2)19(15-20)6-7-21-23-9-8-22(18-5-4-14-27-16-18)26(23,3)13-11-24(21)25/h4-6,8,14,16,20-21,23-24H,7,9-13,15H2,1-3H3/p+1/t20?,21-,23-,24-,25-,26+/m0/s1. The van der Waals surface area contributed by atoms with Crippen molar-refractivity contribution in [3.63, 3.8) is 0 Å². The van der Waals surface area contributed by atoms with E-state index in [2.05, 4.69) is 49.3 Å². The predicted octanol–water partition coefficient (Wildman–Crippen LogP) is 5.39. The third-order valence-electron chi connectivity index (χ3n) is 8.99. The van der Waals surface area contributed by atoms with Gasteiger partial charge in [0.1, 0.15) is 6.10 Å². The first-order chi connectivity index (χ1) is 13.9. The van der Waals surface area contributed by atoms with Crippen LogP contribution >= 0.6 is 0 Å². The Morgan fingerprint density at radius 1 is 1.10 bits per heavy atom. The fourth-order valence-electron chi connectivity index (χ4n) is 7.54. The summed E-state index contributed by atoms with van der Waals surface area (Å²) in [7, 11) is 0. The van der Waals surface area contributed by atoms with Gasteiger partial charge in [-0.05, 0) is 78.7 Å². The van der Waals surface area contributed by atoms with Gasteiger partial charge in [-0.2, -0.15) is 0 Å². The summed E-state index contributed by atoms with van der Waals surface area (Å²) in [5.41, 5.74) is 5.10. The predicted molar refractivity (Wildman–Crippen MR) is 114 cm³/mol. The van der Waals surface area contributed by atoms with Gasteiger partial charge in [0.2, 0.25) is 0 Å². The second-order valence-corrected chi connectivity index (χ2v) is 10.3. The van der Waals surface area contributed by atoms with Crippen molar-refractivity contribution < 1.29 is 14.5 Å². The number of hydrogen-bond donors (Lipinski definition) is 0. The van der Waals surface area contributed by atoms with E-state index in [4.69, 9.17) is 4.74 Å². The number of H-pyrrole nitrogens is 1. The van der Waals surface area contributed by atoms with Crippen LogP contribution in [0.2, 0.25) is 0 Å². The van der Waals surface area contributed by atoms with Crippen LogP contribution in [-0.2, 0) is 9.53 Å². The molecule has 1 heterocycles. The maximum atomic E-state index is 11.4. The number of carbonyl (C=O) groups is 1. The van der Waals surface area contributed by atoms with Crippen molar-refractivity contribution in [2.45, 2.75) is 71.8 Å². The zero-order valence-electron chi connectivity index (χ0n) is 18.0. The van der Waals surface area contributed by atoms with Gasteiger partial charge in [-0.1, -0.05) is 31.6 Å². The Morgan fingerprint density at radius 2 is 1.93 bits per heavy atom. The maximum absolute atomic E-state index is 11.4. The van der Waals surface area contributed by atoms with E-state index in [1.807, 2.05) is 6.20 Å². The third-order valence-corrected chi connectivity index (χ3v) is 8.99. The number of aromatic nitrogens is 1. The number of carbonyl (C=O) groups excluding carboxylic acids is 1. The lowest BCUT2D eigenvalue weighted by molar-refractivity contribution is -0.378. The highest BCUT2D eigenvalue weighted by atomic mass is 16.5. The number of fused-ring (bicyclic) bond motifs is 5. The van der Waals surface area contributed by atoms with Gasteiger partial charge in [0.05, 0.1) is 0 Å². The zero-order chi connectivity index (χ0) is 20.2. The molecule has 0 radical (unpaired) electrons. The Hall–Kier alpha value is -1.90. The molecule has 1 unspecified atom stereocenters. The van der Waals surface area contributed by atoms with E-state index in [9.17, 15) is 4.79 Å². The molecule has 2 saturated carbocycles. The van der Waals surface area contributed by atoms with Crippen LogP contribution < -0.4 is 4.98 Å². The summed E-state index contributed by atoms with van der Waals surface area (Å²) in [6, 6.07) is 4.38. The van der Waals surface area contributed by atoms with E-state index < -0.39 is 0 Å². The number of rotatable bonds is 2. The van der Waals surface area contributed by atoms with Crippen LogP contribution in [0.3, 0.4) is 0 Å². The molecule has 0 bridgehead atoms. The van der Waals surface area contributed by atoms with Gasteiger partial charge in [-0.15, -0.1) is 0 Å². The second-order valence-electron chi connectivity index (χ2n) is 10.3. The molecule has 2 fully saturated rings. The van der Waals surface area contributed by atoms with Crippen molar-refractivity contribution in [1.82, 2.24) is 0 Å². The van der Waals surface area contributed by atoms with Crippen LogP contribution in [0, 0.1) is 28.6 Å². The highest BCUT2D eigenvalue weighted by Crippen LogP contribution is 2.66. The topological polar surface area (TPSA) is 40.4 Å². The monoisotopic (exact) mass is 392 g/mol. The zero-order valence-corrected chi connectivity index (χ0v) is 18.0. The maximum Gasteiger partial charge on any atom is 0.302 e. The van der Waals surface area contributed by atoms with Gasteiger partial charge in [0.15, 0.2) is 12.4 Å². The normalized spacial score (nSPS) is 40.8. The van der Waals surface area contributed by atoms with Crippen LogP contribution in [0.5, 0.6) is 0 Å². The quantitative estimate of drug-likeness (QED) is 0.500. The second kappa shape index (κ2) is 6.82. The minimum Gasteiger partial charge on any atom is -0.462 e. The number of esters is 1. The van der Waals surface area contributed by atoms with E-state index in [-0.39, 0.29) is 12.1 Å². The average Bonchev–Trinajstić information content (AvgIpc) is 3.06. The summed E-state index contributed by atoms with van der Waals surface area (Å²) < 4.78 is 5.58. The Kier molecular flexibility index (Phi) is 4.49. The SMILES string of the molecule is CC(=O)OC1CC[C@@]2(C)C(=CC[C@@H]3[C@@H]2CC[C@]2(C)C(c4ccc[nH+]c4)=CC[C@@H]32)C1. The van der Waals surface area contributed by atoms with Gasteiger partial charge < -0.3 is 4.74 Å². The molecule has 0 aliphatic heterocycles. The van der Waals surface area contributed by atoms with Crippen molar-refractivity contribution in [3.05, 3.63) is 47.8 Å². The lowest BCUT2D eigenvalue weighted by Crippen LogP contribution is -2.50. The van der Waals surface area contributed by atoms with Crippen LogP contribution in [-0.4, -0.2) is 12.1 Å². The molecule has 4 aliphatic rings. The van der Waals surface area contributed by atoms with Crippen LogP contribution in [0.15, 0.2) is 42.3 Å². The molecule has 0 spiro atoms. The Labute approximate surface area is 174 Å². The molecule has 29 heavy (non-hydrogen) atoms. The van der Waals surface area contributed by atoms with E-state index in [0.717, 1.165) is 37.0 Å². The fourth-order valence-corrected chi connectivity index (χ4v) is 7.54. The van der Waals surface area contributed by atoms with E-state index in [1.54, 1.807) is 11.1 Å². The van der Waals surface area contributed by atoms with Crippen molar-refractivity contribution in [3.8, 4) is 0 Å². The third kappa shape index (κ3) is 2.92. The van der Waals surface area contributed by atoms with Gasteiger partial charge in [0.25, 0.3) is 0 Å². The minimum absolute atomic E-state index is 0.0892. The first-order valence-electron chi connectivity index (χ1n) is 11.5. The van der Waals surface area contributed by atoms with Gasteiger partial charge in [-0.3, -0.25) is 4.79 Å². The van der Waals surface area contributed by atoms with Gasteiger partial charge in [0, 0.05) is 25.0 Å². The summed E-state index contributed by atoms with van der Waals surface area (Å²) in [5, 5.41) is 0. The summed E-state index contributed by atoms with van der Waals surface area (Å²) >= 11 is 0. The van der Waals surface area contributed by atoms with Crippen LogP contribution in [0.1, 0.15) is 71.3 Å². The molecule has 5 rings (SSSR count). The molecule has 0 saturated heterocycles. The highest BCUT2D eigenvalue weighted by Gasteiger charge is 2.57. The molecular weight excluding hydrogens is 358 g/mol. The van der Waals surface area contributed by atoms with Crippen LogP contribution in [0.25, 0.3) is 5.57 Å². The summed E-state index contributed by atoms with van der Waals surface area (Å²) in [4.78, 5) is 14.7. The molecule has 3 heteroatoms. The Morgan fingerprint density at radius 3 is 2.69 bits per heavy atom. The molecule has 0 amide bonds. The fraction of sp³-hybridized carbons (Fsp3) is 0.615. The largest absolute Gasteiger partial charge is 0.462 e. The molecule has 1 aromatic heterocycles. The van der Waals surface area contributed by atoms with Gasteiger partial charge in [-0.25, -0.2) is 4.98 Å². The molecule has 0 aromatic carbocycles. The number of ether oxygens (including phenoxy) is 1. The number of hydrogen-bond acceptors (Lipinski definition) is 2. The van der Waals surface area contributed by atoms with Crippen LogP contribution in [0.4, 0.5) is 0 Å². The smallest absolute Gasteiger partial charge is 0.302 e. The van der Waals surface area contributed by atoms with E-state index in [0.29, 0.717) is 10.8 Å². The number of pyridine rings is 1. The van der Waals surface area contributed by atoms with Crippen molar-refractivity contribution in [2.75, 3.05) is 0 Å². The first kappa shape index (κ1) is 19.1. The molecule has 154 valence electrons. The van der Waals surface area contributed by atoms with Crippen molar-refractivity contribution in [1.29, 1.82) is 0 Å². The average molecular weight is 393 g/mol. The molecule has 1 N–H and O–H groups in total. The molecule has 3 nitrogen and oxygen atoms in total. The van der Waals surface area contributed by atoms with Gasteiger partial charge >= 0.3 is 5.97 Å². The lowest BCUT2D eigenvalue weighted by Gasteiger charge is -2.57. The molecule has 4 aliphatic carbocycles. The minimum atomic E-state index is -0.135. The van der Waals surface area contributed by atoms with Crippen molar-refractivity contribution in [2.24, 2.45) is 28.6 Å². The number of aromatic amines is 1. The molecule has 1 aromatic rings. The Bertz CT molecular complexity index is 872.